The quantitative estimate of drug-likeness (QED) is 0.565. The van der Waals surface area contributed by atoms with Crippen LogP contribution in [0, 0.1) is 11.3 Å². The fourth-order valence-electron chi connectivity index (χ4n) is 3.00. The molecule has 3 rings (SSSR count). The van der Waals surface area contributed by atoms with Crippen molar-refractivity contribution in [3.05, 3.63) is 101 Å². The van der Waals surface area contributed by atoms with Gasteiger partial charge in [-0.25, -0.2) is 4.79 Å². The van der Waals surface area contributed by atoms with Gasteiger partial charge in [0.1, 0.15) is 12.4 Å². The highest BCUT2D eigenvalue weighted by atomic mass is 16.5. The minimum Gasteiger partial charge on any atom is -0.489 e. The van der Waals surface area contributed by atoms with Crippen molar-refractivity contribution in [1.29, 1.82) is 5.26 Å². The normalized spacial score (nSPS) is 10.1. The van der Waals surface area contributed by atoms with Crippen LogP contribution in [-0.4, -0.2) is 13.1 Å². The van der Waals surface area contributed by atoms with Crippen molar-refractivity contribution in [3.63, 3.8) is 0 Å². The van der Waals surface area contributed by atoms with Crippen molar-refractivity contribution in [2.45, 2.75) is 19.4 Å². The highest BCUT2D eigenvalue weighted by Gasteiger charge is 2.11. The van der Waals surface area contributed by atoms with Gasteiger partial charge in [0, 0.05) is 0 Å². The standard InChI is InChI=1S/C24H21NO3/c1-27-24(26)21-14-12-19(22(15-21)16-25)11-13-20-9-5-6-10-23(20)28-17-18-7-3-2-4-8-18/h2-10,12,14-15H,11,13,17H2,1H3. The van der Waals surface area contributed by atoms with Crippen LogP contribution in [0.15, 0.2) is 72.8 Å². The van der Waals surface area contributed by atoms with Gasteiger partial charge in [-0.3, -0.25) is 0 Å². The van der Waals surface area contributed by atoms with E-state index < -0.39 is 5.97 Å². The molecule has 4 nitrogen and oxygen atoms in total. The van der Waals surface area contributed by atoms with Gasteiger partial charge in [0.25, 0.3) is 0 Å². The number of nitriles is 1. The van der Waals surface area contributed by atoms with E-state index in [1.807, 2.05) is 60.7 Å². The first-order chi connectivity index (χ1) is 13.7. The van der Waals surface area contributed by atoms with E-state index in [-0.39, 0.29) is 0 Å². The zero-order chi connectivity index (χ0) is 19.8. The van der Waals surface area contributed by atoms with E-state index in [4.69, 9.17) is 9.47 Å². The van der Waals surface area contributed by atoms with Gasteiger partial charge in [-0.2, -0.15) is 5.26 Å². The number of hydrogen-bond donors (Lipinski definition) is 0. The Morgan fingerprint density at radius 3 is 2.39 bits per heavy atom. The molecule has 0 N–H and O–H groups in total. The first-order valence-electron chi connectivity index (χ1n) is 9.07. The van der Waals surface area contributed by atoms with E-state index in [1.54, 1.807) is 12.1 Å². The zero-order valence-electron chi connectivity index (χ0n) is 15.7. The molecule has 0 aliphatic carbocycles. The van der Waals surface area contributed by atoms with Crippen LogP contribution in [0.25, 0.3) is 0 Å². The molecule has 0 heterocycles. The van der Waals surface area contributed by atoms with Crippen molar-refractivity contribution in [1.82, 2.24) is 0 Å². The van der Waals surface area contributed by atoms with Crippen LogP contribution in [-0.2, 0) is 24.2 Å². The number of carbonyl (C=O) groups is 1. The molecule has 0 aliphatic rings. The summed E-state index contributed by atoms with van der Waals surface area (Å²) in [5, 5.41) is 9.43. The number of hydrogen-bond acceptors (Lipinski definition) is 4. The topological polar surface area (TPSA) is 59.3 Å². The number of esters is 1. The van der Waals surface area contributed by atoms with E-state index in [0.29, 0.717) is 24.2 Å². The third-order valence-corrected chi connectivity index (χ3v) is 4.52. The van der Waals surface area contributed by atoms with Crippen LogP contribution >= 0.6 is 0 Å². The molecule has 0 aromatic heterocycles. The summed E-state index contributed by atoms with van der Waals surface area (Å²) in [6, 6.07) is 25.2. The van der Waals surface area contributed by atoms with Gasteiger partial charge in [-0.05, 0) is 47.7 Å². The molecule has 0 unspecified atom stereocenters. The predicted octanol–water partition coefficient (Wildman–Crippen LogP) is 4.71. The van der Waals surface area contributed by atoms with Crippen LogP contribution in [0.3, 0.4) is 0 Å². The second kappa shape index (κ2) is 9.38. The summed E-state index contributed by atoms with van der Waals surface area (Å²) >= 11 is 0. The van der Waals surface area contributed by atoms with Crippen LogP contribution in [0.1, 0.15) is 32.6 Å². The monoisotopic (exact) mass is 371 g/mol. The van der Waals surface area contributed by atoms with Crippen molar-refractivity contribution in [2.75, 3.05) is 7.11 Å². The zero-order valence-corrected chi connectivity index (χ0v) is 15.7. The fourth-order valence-corrected chi connectivity index (χ4v) is 3.00. The fraction of sp³-hybridized carbons (Fsp3) is 0.167. The van der Waals surface area contributed by atoms with Gasteiger partial charge in [-0.15, -0.1) is 0 Å². The highest BCUT2D eigenvalue weighted by molar-refractivity contribution is 5.89. The van der Waals surface area contributed by atoms with E-state index >= 15 is 0 Å². The Morgan fingerprint density at radius 1 is 0.929 bits per heavy atom. The number of nitrogens with zero attached hydrogens (tertiary/aromatic N) is 1. The number of aryl methyl sites for hydroxylation is 2. The molecule has 0 aliphatic heterocycles. The van der Waals surface area contributed by atoms with Crippen molar-refractivity contribution < 1.29 is 14.3 Å². The summed E-state index contributed by atoms with van der Waals surface area (Å²) in [6.45, 7) is 0.509. The van der Waals surface area contributed by atoms with Crippen molar-refractivity contribution in [2.24, 2.45) is 0 Å². The summed E-state index contributed by atoms with van der Waals surface area (Å²) in [4.78, 5) is 11.7. The lowest BCUT2D eigenvalue weighted by Crippen LogP contribution is -2.04. The minimum absolute atomic E-state index is 0.384. The van der Waals surface area contributed by atoms with Crippen LogP contribution in [0.4, 0.5) is 0 Å². The summed E-state index contributed by atoms with van der Waals surface area (Å²) in [6.07, 6.45) is 1.41. The maximum Gasteiger partial charge on any atom is 0.337 e. The lowest BCUT2D eigenvalue weighted by molar-refractivity contribution is 0.0600. The average molecular weight is 371 g/mol. The molecule has 0 atom stereocenters. The Kier molecular flexibility index (Phi) is 6.43. The summed E-state index contributed by atoms with van der Waals surface area (Å²) < 4.78 is 10.7. The first kappa shape index (κ1) is 19.2. The second-order valence-electron chi connectivity index (χ2n) is 6.36. The SMILES string of the molecule is COC(=O)c1ccc(CCc2ccccc2OCc2ccccc2)c(C#N)c1. The number of benzene rings is 3. The number of rotatable bonds is 7. The van der Waals surface area contributed by atoms with Gasteiger partial charge in [0.05, 0.1) is 24.3 Å². The highest BCUT2D eigenvalue weighted by Crippen LogP contribution is 2.22. The van der Waals surface area contributed by atoms with E-state index in [0.717, 1.165) is 28.9 Å². The molecule has 4 heteroatoms. The molecule has 3 aromatic rings. The van der Waals surface area contributed by atoms with Crippen molar-refractivity contribution in [3.8, 4) is 11.8 Å². The summed E-state index contributed by atoms with van der Waals surface area (Å²) in [5.74, 6) is 0.402. The number of methoxy groups -OCH3 is 1. The summed E-state index contributed by atoms with van der Waals surface area (Å²) in [7, 11) is 1.33. The van der Waals surface area contributed by atoms with Gasteiger partial charge in [0.15, 0.2) is 0 Å². The summed E-state index contributed by atoms with van der Waals surface area (Å²) in [5.41, 5.74) is 3.97. The van der Waals surface area contributed by atoms with Crippen molar-refractivity contribution >= 4 is 5.97 Å². The third kappa shape index (κ3) is 4.77. The smallest absolute Gasteiger partial charge is 0.337 e. The molecule has 0 fully saturated rings. The predicted molar refractivity (Wildman–Crippen MR) is 107 cm³/mol. The van der Waals surface area contributed by atoms with Gasteiger partial charge in [-0.1, -0.05) is 54.6 Å². The van der Waals surface area contributed by atoms with E-state index in [2.05, 4.69) is 6.07 Å². The second-order valence-corrected chi connectivity index (χ2v) is 6.36. The Balaban J connectivity index is 1.71. The van der Waals surface area contributed by atoms with Gasteiger partial charge >= 0.3 is 5.97 Å². The van der Waals surface area contributed by atoms with E-state index in [1.165, 1.54) is 7.11 Å². The number of carbonyl (C=O) groups excluding carboxylic acids is 1. The number of ether oxygens (including phenoxy) is 2. The average Bonchev–Trinajstić information content (AvgIpc) is 2.76. The lowest BCUT2D eigenvalue weighted by atomic mass is 9.98. The molecule has 140 valence electrons. The molecular formula is C24H21NO3. The van der Waals surface area contributed by atoms with Crippen LogP contribution < -0.4 is 4.74 Å². The maximum absolute atomic E-state index is 11.7. The molecule has 0 saturated carbocycles. The van der Waals surface area contributed by atoms with Crippen LogP contribution in [0.2, 0.25) is 0 Å². The Morgan fingerprint density at radius 2 is 1.64 bits per heavy atom. The molecular weight excluding hydrogens is 350 g/mol. The Labute approximate surface area is 165 Å². The lowest BCUT2D eigenvalue weighted by Gasteiger charge is -2.12. The molecule has 0 radical (unpaired) electrons. The van der Waals surface area contributed by atoms with Gasteiger partial charge in [0.2, 0.25) is 0 Å². The van der Waals surface area contributed by atoms with Crippen LogP contribution in [0.5, 0.6) is 5.75 Å². The minimum atomic E-state index is -0.442. The molecule has 28 heavy (non-hydrogen) atoms. The maximum atomic E-state index is 11.7. The van der Waals surface area contributed by atoms with Gasteiger partial charge < -0.3 is 9.47 Å². The molecule has 0 amide bonds. The Bertz CT molecular complexity index is 990. The molecule has 0 saturated heterocycles. The first-order valence-corrected chi connectivity index (χ1v) is 9.07. The molecule has 3 aromatic carbocycles. The Hall–Kier alpha value is -3.58. The van der Waals surface area contributed by atoms with E-state index in [9.17, 15) is 10.1 Å². The molecule has 0 spiro atoms. The largest absolute Gasteiger partial charge is 0.489 e. The number of para-hydroxylation sites is 1. The third-order valence-electron chi connectivity index (χ3n) is 4.52. The molecule has 0 bridgehead atoms.